The zero-order valence-corrected chi connectivity index (χ0v) is 13.0. The molecule has 1 unspecified atom stereocenters. The molecular formula is C17H19N3O3. The molecule has 2 N–H and O–H groups in total. The Kier molecular flexibility index (Phi) is 5.47. The number of hydrogen-bond donors (Lipinski definition) is 2. The molecule has 1 aliphatic rings. The third kappa shape index (κ3) is 4.39. The first-order valence-corrected chi connectivity index (χ1v) is 7.69. The molecule has 0 spiro atoms. The Labute approximate surface area is 134 Å². The van der Waals surface area contributed by atoms with Gasteiger partial charge in [-0.05, 0) is 43.5 Å². The topological polar surface area (TPSA) is 99.1 Å². The molecule has 1 saturated carbocycles. The lowest BCUT2D eigenvalue weighted by Crippen LogP contribution is -2.35. The number of nitrogens with zero attached hydrogens (tertiary/aromatic N) is 1. The van der Waals surface area contributed by atoms with Crippen molar-refractivity contribution in [2.45, 2.75) is 26.2 Å². The van der Waals surface area contributed by atoms with E-state index in [1.807, 2.05) is 6.92 Å². The molecule has 1 aromatic carbocycles. The van der Waals surface area contributed by atoms with Crippen molar-refractivity contribution in [2.24, 2.45) is 11.8 Å². The molecule has 2 amide bonds. The van der Waals surface area contributed by atoms with Gasteiger partial charge in [0.25, 0.3) is 0 Å². The lowest BCUT2D eigenvalue weighted by Gasteiger charge is -2.10. The maximum Gasteiger partial charge on any atom is 0.245 e. The van der Waals surface area contributed by atoms with E-state index in [1.54, 1.807) is 18.2 Å². The molecule has 1 aromatic rings. The second kappa shape index (κ2) is 7.54. The number of hydrogen-bond acceptors (Lipinski definition) is 4. The van der Waals surface area contributed by atoms with Crippen LogP contribution >= 0.6 is 0 Å². The largest absolute Gasteiger partial charge is 0.355 e. The van der Waals surface area contributed by atoms with E-state index in [-0.39, 0.29) is 17.4 Å². The van der Waals surface area contributed by atoms with Crippen LogP contribution in [0.25, 0.3) is 0 Å². The summed E-state index contributed by atoms with van der Waals surface area (Å²) in [6, 6.07) is 7.99. The zero-order chi connectivity index (χ0) is 16.8. The van der Waals surface area contributed by atoms with Gasteiger partial charge in [-0.15, -0.1) is 0 Å². The SMILES string of the molecule is CCCNC(=O)C(C#N)C(=O)c1ccc(NC(=O)C2CC2)cc1. The minimum absolute atomic E-state index is 0.0158. The fraction of sp³-hybridized carbons (Fsp3) is 0.412. The molecule has 6 nitrogen and oxygen atoms in total. The number of nitrogens with one attached hydrogen (secondary N) is 2. The van der Waals surface area contributed by atoms with E-state index in [9.17, 15) is 14.4 Å². The maximum atomic E-state index is 12.3. The van der Waals surface area contributed by atoms with Crippen LogP contribution < -0.4 is 10.6 Å². The van der Waals surface area contributed by atoms with Gasteiger partial charge in [-0.2, -0.15) is 5.26 Å². The van der Waals surface area contributed by atoms with Gasteiger partial charge in [-0.1, -0.05) is 6.92 Å². The smallest absolute Gasteiger partial charge is 0.245 e. The quantitative estimate of drug-likeness (QED) is 0.593. The third-order valence-corrected chi connectivity index (χ3v) is 3.59. The van der Waals surface area contributed by atoms with Gasteiger partial charge < -0.3 is 10.6 Å². The van der Waals surface area contributed by atoms with Crippen LogP contribution in [0, 0.1) is 23.2 Å². The minimum Gasteiger partial charge on any atom is -0.355 e. The van der Waals surface area contributed by atoms with Gasteiger partial charge in [0.15, 0.2) is 11.7 Å². The zero-order valence-electron chi connectivity index (χ0n) is 13.0. The number of Topliss-reactive ketones (excluding diaryl/α,β-unsaturated/α-hetero) is 1. The predicted molar refractivity (Wildman–Crippen MR) is 84.5 cm³/mol. The molecule has 1 fully saturated rings. The Bertz CT molecular complexity index is 642. The Hall–Kier alpha value is -2.68. The number of nitriles is 1. The fourth-order valence-corrected chi connectivity index (χ4v) is 2.06. The highest BCUT2D eigenvalue weighted by atomic mass is 16.2. The van der Waals surface area contributed by atoms with Gasteiger partial charge in [0, 0.05) is 23.7 Å². The second-order valence-corrected chi connectivity index (χ2v) is 5.56. The van der Waals surface area contributed by atoms with Crippen LogP contribution in [0.2, 0.25) is 0 Å². The summed E-state index contributed by atoms with van der Waals surface area (Å²) in [5, 5.41) is 14.4. The Morgan fingerprint density at radius 2 is 1.91 bits per heavy atom. The molecule has 0 aromatic heterocycles. The summed E-state index contributed by atoms with van der Waals surface area (Å²) in [4.78, 5) is 35.8. The summed E-state index contributed by atoms with van der Waals surface area (Å²) in [7, 11) is 0. The van der Waals surface area contributed by atoms with Gasteiger partial charge in [0.05, 0.1) is 6.07 Å². The van der Waals surface area contributed by atoms with Crippen molar-refractivity contribution in [3.8, 4) is 6.07 Å². The molecule has 1 aliphatic carbocycles. The van der Waals surface area contributed by atoms with E-state index in [4.69, 9.17) is 5.26 Å². The number of rotatable bonds is 7. The van der Waals surface area contributed by atoms with E-state index in [0.717, 1.165) is 19.3 Å². The van der Waals surface area contributed by atoms with Crippen molar-refractivity contribution in [1.82, 2.24) is 5.32 Å². The molecule has 0 bridgehead atoms. The highest BCUT2D eigenvalue weighted by Crippen LogP contribution is 2.30. The molecule has 120 valence electrons. The van der Waals surface area contributed by atoms with Crippen molar-refractivity contribution >= 4 is 23.3 Å². The summed E-state index contributed by atoms with van der Waals surface area (Å²) in [6.07, 6.45) is 2.56. The van der Waals surface area contributed by atoms with Crippen LogP contribution in [0.15, 0.2) is 24.3 Å². The van der Waals surface area contributed by atoms with Crippen LogP contribution in [0.1, 0.15) is 36.5 Å². The Balaban J connectivity index is 2.01. The fourth-order valence-electron chi connectivity index (χ4n) is 2.06. The molecule has 1 atom stereocenters. The van der Waals surface area contributed by atoms with E-state index >= 15 is 0 Å². The van der Waals surface area contributed by atoms with Crippen molar-refractivity contribution in [2.75, 3.05) is 11.9 Å². The van der Waals surface area contributed by atoms with Gasteiger partial charge in [-0.3, -0.25) is 14.4 Å². The Morgan fingerprint density at radius 3 is 2.43 bits per heavy atom. The lowest BCUT2D eigenvalue weighted by molar-refractivity contribution is -0.122. The van der Waals surface area contributed by atoms with E-state index < -0.39 is 17.6 Å². The number of carbonyl (C=O) groups excluding carboxylic acids is 3. The summed E-state index contributed by atoms with van der Waals surface area (Å²) >= 11 is 0. The summed E-state index contributed by atoms with van der Waals surface area (Å²) in [5.74, 6) is -2.39. The van der Waals surface area contributed by atoms with Crippen LogP contribution in [0.3, 0.4) is 0 Å². The van der Waals surface area contributed by atoms with Crippen LogP contribution in [0.5, 0.6) is 0 Å². The highest BCUT2D eigenvalue weighted by Gasteiger charge is 2.30. The molecule has 0 heterocycles. The lowest BCUT2D eigenvalue weighted by atomic mass is 9.98. The standard InChI is InChI=1S/C17H19N3O3/c1-2-9-19-17(23)14(10-18)15(21)11-5-7-13(8-6-11)20-16(22)12-3-4-12/h5-8,12,14H,2-4,9H2,1H3,(H,19,23)(H,20,22). The summed E-state index contributed by atoms with van der Waals surface area (Å²) in [5.41, 5.74) is 0.870. The van der Waals surface area contributed by atoms with Gasteiger partial charge >= 0.3 is 0 Å². The van der Waals surface area contributed by atoms with Crippen LogP contribution in [-0.4, -0.2) is 24.1 Å². The minimum atomic E-state index is -1.35. The van der Waals surface area contributed by atoms with E-state index in [0.29, 0.717) is 12.2 Å². The second-order valence-electron chi connectivity index (χ2n) is 5.56. The van der Waals surface area contributed by atoms with Crippen molar-refractivity contribution in [1.29, 1.82) is 5.26 Å². The normalized spacial score (nSPS) is 14.4. The first kappa shape index (κ1) is 16.7. The number of amides is 2. The maximum absolute atomic E-state index is 12.3. The van der Waals surface area contributed by atoms with Crippen molar-refractivity contribution in [3.05, 3.63) is 29.8 Å². The average Bonchev–Trinajstić information content (AvgIpc) is 3.39. The summed E-state index contributed by atoms with van der Waals surface area (Å²) in [6.45, 7) is 2.31. The van der Waals surface area contributed by atoms with Crippen LogP contribution in [0.4, 0.5) is 5.69 Å². The van der Waals surface area contributed by atoms with Gasteiger partial charge in [0.1, 0.15) is 0 Å². The Morgan fingerprint density at radius 1 is 1.26 bits per heavy atom. The number of ketones is 1. The molecule has 6 heteroatoms. The first-order valence-electron chi connectivity index (χ1n) is 7.69. The highest BCUT2D eigenvalue weighted by molar-refractivity contribution is 6.12. The monoisotopic (exact) mass is 313 g/mol. The molecule has 0 radical (unpaired) electrons. The van der Waals surface area contributed by atoms with Gasteiger partial charge in [0.2, 0.25) is 11.8 Å². The van der Waals surface area contributed by atoms with Crippen molar-refractivity contribution < 1.29 is 14.4 Å². The van der Waals surface area contributed by atoms with E-state index in [2.05, 4.69) is 10.6 Å². The number of anilines is 1. The third-order valence-electron chi connectivity index (χ3n) is 3.59. The molecule has 0 aliphatic heterocycles. The predicted octanol–water partition coefficient (Wildman–Crippen LogP) is 1.88. The van der Waals surface area contributed by atoms with E-state index in [1.165, 1.54) is 12.1 Å². The van der Waals surface area contributed by atoms with Crippen LogP contribution in [-0.2, 0) is 9.59 Å². The van der Waals surface area contributed by atoms with Crippen molar-refractivity contribution in [3.63, 3.8) is 0 Å². The average molecular weight is 313 g/mol. The molecular weight excluding hydrogens is 294 g/mol. The first-order chi connectivity index (χ1) is 11.1. The van der Waals surface area contributed by atoms with Gasteiger partial charge in [-0.25, -0.2) is 0 Å². The molecule has 23 heavy (non-hydrogen) atoms. The number of benzene rings is 1. The molecule has 2 rings (SSSR count). The number of carbonyl (C=O) groups is 3. The summed E-state index contributed by atoms with van der Waals surface area (Å²) < 4.78 is 0. The molecule has 0 saturated heterocycles.